The normalized spacial score (nSPS) is 16.0. The van der Waals surface area contributed by atoms with Crippen LogP contribution < -0.4 is 10.1 Å². The van der Waals surface area contributed by atoms with Crippen LogP contribution in [0.4, 0.5) is 5.69 Å². The summed E-state index contributed by atoms with van der Waals surface area (Å²) in [6.07, 6.45) is 10.8. The molecule has 0 saturated heterocycles. The molecule has 0 unspecified atom stereocenters. The van der Waals surface area contributed by atoms with Crippen LogP contribution in [-0.2, 0) is 4.79 Å². The van der Waals surface area contributed by atoms with Gasteiger partial charge in [0, 0.05) is 17.4 Å². The van der Waals surface area contributed by atoms with E-state index in [-0.39, 0.29) is 5.91 Å². The Morgan fingerprint density at radius 3 is 2.89 bits per heavy atom. The molecule has 1 aliphatic rings. The third kappa shape index (κ3) is 4.31. The number of aliphatic hydroxyl groups excluding tert-OH is 1. The number of aromatic nitrogens is 1. The minimum atomic E-state index is -0.478. The number of benzene rings is 1. The molecule has 5 heteroatoms. The lowest BCUT2D eigenvalue weighted by Crippen LogP contribution is -2.03. The third-order valence-corrected chi connectivity index (χ3v) is 4.71. The first-order valence-corrected chi connectivity index (χ1v) is 9.38. The molecule has 27 heavy (non-hydrogen) atoms. The molecule has 142 valence electrons. The Balaban J connectivity index is 1.90. The van der Waals surface area contributed by atoms with Gasteiger partial charge in [0.2, 0.25) is 0 Å². The van der Waals surface area contributed by atoms with E-state index in [0.29, 0.717) is 11.3 Å². The summed E-state index contributed by atoms with van der Waals surface area (Å²) in [6, 6.07) is 7.56. The lowest BCUT2D eigenvalue weighted by atomic mass is 9.98. The standard InChI is InChI=1S/C22H26N2O3/c1-3-4-5-8-16(25)11-10-15-7-6-9-18-21(15)17(22(26)24-18)14-19-20(27-2)12-13-23-19/h6-7,9-14,16,23,25H,3-5,8H2,1-2H3,(H,24,26)/t16-/m0/s1. The van der Waals surface area contributed by atoms with Gasteiger partial charge in [0.25, 0.3) is 5.91 Å². The first kappa shape index (κ1) is 19.0. The number of methoxy groups -OCH3 is 1. The Bertz CT molecular complexity index is 864. The highest BCUT2D eigenvalue weighted by molar-refractivity contribution is 6.35. The number of anilines is 1. The van der Waals surface area contributed by atoms with E-state index in [4.69, 9.17) is 4.74 Å². The molecule has 1 aromatic heterocycles. The smallest absolute Gasteiger partial charge is 0.256 e. The number of unbranched alkanes of at least 4 members (excludes halogenated alkanes) is 2. The Labute approximate surface area is 159 Å². The Morgan fingerprint density at radius 2 is 2.11 bits per heavy atom. The predicted molar refractivity (Wildman–Crippen MR) is 109 cm³/mol. The maximum Gasteiger partial charge on any atom is 0.256 e. The number of amides is 1. The highest BCUT2D eigenvalue weighted by atomic mass is 16.5. The number of aromatic amines is 1. The Morgan fingerprint density at radius 1 is 1.26 bits per heavy atom. The van der Waals surface area contributed by atoms with Gasteiger partial charge < -0.3 is 20.1 Å². The number of hydrogen-bond acceptors (Lipinski definition) is 3. The molecule has 0 fully saturated rings. The van der Waals surface area contributed by atoms with Crippen molar-refractivity contribution in [3.8, 4) is 5.75 Å². The number of rotatable bonds is 8. The number of ether oxygens (including phenoxy) is 1. The molecule has 0 radical (unpaired) electrons. The van der Waals surface area contributed by atoms with E-state index in [1.807, 2.05) is 30.3 Å². The average molecular weight is 366 g/mol. The zero-order valence-electron chi connectivity index (χ0n) is 15.8. The summed E-state index contributed by atoms with van der Waals surface area (Å²) in [4.78, 5) is 15.6. The minimum absolute atomic E-state index is 0.147. The van der Waals surface area contributed by atoms with Crippen molar-refractivity contribution < 1.29 is 14.6 Å². The largest absolute Gasteiger partial charge is 0.495 e. The zero-order valence-corrected chi connectivity index (χ0v) is 15.8. The highest BCUT2D eigenvalue weighted by Gasteiger charge is 2.26. The molecule has 2 aromatic rings. The van der Waals surface area contributed by atoms with E-state index in [1.165, 1.54) is 0 Å². The SMILES string of the molecule is CCCCC[C@H](O)C=Cc1cccc2c1C(=Cc1[nH]ccc1OC)C(=O)N2. The molecule has 1 amide bonds. The van der Waals surface area contributed by atoms with E-state index >= 15 is 0 Å². The number of aliphatic hydroxyl groups is 1. The van der Waals surface area contributed by atoms with Gasteiger partial charge in [0.1, 0.15) is 5.75 Å². The van der Waals surface area contributed by atoms with E-state index in [9.17, 15) is 9.90 Å². The first-order valence-electron chi connectivity index (χ1n) is 9.38. The van der Waals surface area contributed by atoms with Crippen LogP contribution in [0.1, 0.15) is 49.4 Å². The van der Waals surface area contributed by atoms with E-state index in [1.54, 1.807) is 25.5 Å². The van der Waals surface area contributed by atoms with Crippen LogP contribution in [-0.4, -0.2) is 29.2 Å². The van der Waals surface area contributed by atoms with E-state index < -0.39 is 6.10 Å². The number of nitrogens with one attached hydrogen (secondary N) is 2. The van der Waals surface area contributed by atoms with Gasteiger partial charge in [-0.15, -0.1) is 0 Å². The number of carbonyl (C=O) groups is 1. The van der Waals surface area contributed by atoms with Crippen LogP contribution in [0.25, 0.3) is 17.7 Å². The maximum absolute atomic E-state index is 12.5. The fourth-order valence-electron chi connectivity index (χ4n) is 3.27. The number of fused-ring (bicyclic) bond motifs is 1. The monoisotopic (exact) mass is 366 g/mol. The molecule has 1 aromatic carbocycles. The lowest BCUT2D eigenvalue weighted by molar-refractivity contribution is -0.110. The fourth-order valence-corrected chi connectivity index (χ4v) is 3.27. The second kappa shape index (κ2) is 8.73. The molecular formula is C22H26N2O3. The quantitative estimate of drug-likeness (QED) is 0.477. The molecule has 0 bridgehead atoms. The van der Waals surface area contributed by atoms with Gasteiger partial charge in [-0.05, 0) is 30.2 Å². The van der Waals surface area contributed by atoms with Crippen molar-refractivity contribution in [3.63, 3.8) is 0 Å². The van der Waals surface area contributed by atoms with Gasteiger partial charge in [-0.1, -0.05) is 50.5 Å². The second-order valence-corrected chi connectivity index (χ2v) is 6.66. The number of H-pyrrole nitrogens is 1. The summed E-state index contributed by atoms with van der Waals surface area (Å²) >= 11 is 0. The topological polar surface area (TPSA) is 74.3 Å². The highest BCUT2D eigenvalue weighted by Crippen LogP contribution is 2.37. The lowest BCUT2D eigenvalue weighted by Gasteiger charge is -2.07. The van der Waals surface area contributed by atoms with Crippen LogP contribution in [0.2, 0.25) is 0 Å². The van der Waals surface area contributed by atoms with Crippen molar-refractivity contribution >= 4 is 29.3 Å². The summed E-state index contributed by atoms with van der Waals surface area (Å²) in [6.45, 7) is 2.15. The molecule has 2 heterocycles. The summed E-state index contributed by atoms with van der Waals surface area (Å²) in [5, 5.41) is 13.1. The molecule has 3 rings (SSSR count). The van der Waals surface area contributed by atoms with Crippen LogP contribution in [0, 0.1) is 0 Å². The van der Waals surface area contributed by atoms with Gasteiger partial charge >= 0.3 is 0 Å². The third-order valence-electron chi connectivity index (χ3n) is 4.71. The van der Waals surface area contributed by atoms with Gasteiger partial charge in [-0.2, -0.15) is 0 Å². The summed E-state index contributed by atoms with van der Waals surface area (Å²) < 4.78 is 5.32. The Kier molecular flexibility index (Phi) is 6.14. The molecule has 0 saturated carbocycles. The predicted octanol–water partition coefficient (Wildman–Crippen LogP) is 4.47. The van der Waals surface area contributed by atoms with Crippen molar-refractivity contribution in [2.75, 3.05) is 12.4 Å². The molecule has 3 N–H and O–H groups in total. The maximum atomic E-state index is 12.5. The summed E-state index contributed by atoms with van der Waals surface area (Å²) in [5.41, 5.74) is 3.84. The molecule has 5 nitrogen and oxygen atoms in total. The second-order valence-electron chi connectivity index (χ2n) is 6.66. The zero-order chi connectivity index (χ0) is 19.2. The average Bonchev–Trinajstić information content (AvgIpc) is 3.24. The summed E-state index contributed by atoms with van der Waals surface area (Å²) in [7, 11) is 1.60. The molecular weight excluding hydrogens is 340 g/mol. The minimum Gasteiger partial charge on any atom is -0.495 e. The van der Waals surface area contributed by atoms with Crippen molar-refractivity contribution in [1.82, 2.24) is 4.98 Å². The van der Waals surface area contributed by atoms with Gasteiger partial charge in [-0.3, -0.25) is 4.79 Å². The van der Waals surface area contributed by atoms with E-state index in [0.717, 1.165) is 48.2 Å². The summed E-state index contributed by atoms with van der Waals surface area (Å²) in [5.74, 6) is 0.536. The molecule has 0 aliphatic carbocycles. The van der Waals surface area contributed by atoms with E-state index in [2.05, 4.69) is 17.2 Å². The van der Waals surface area contributed by atoms with Crippen molar-refractivity contribution in [3.05, 3.63) is 53.4 Å². The van der Waals surface area contributed by atoms with Crippen LogP contribution in [0.5, 0.6) is 5.75 Å². The van der Waals surface area contributed by atoms with Gasteiger partial charge in [0.15, 0.2) is 0 Å². The van der Waals surface area contributed by atoms with Crippen molar-refractivity contribution in [1.29, 1.82) is 0 Å². The van der Waals surface area contributed by atoms with Gasteiger partial charge in [0.05, 0.1) is 24.5 Å². The number of carbonyl (C=O) groups excluding carboxylic acids is 1. The van der Waals surface area contributed by atoms with Crippen molar-refractivity contribution in [2.45, 2.75) is 38.7 Å². The molecule has 1 aliphatic heterocycles. The van der Waals surface area contributed by atoms with Crippen LogP contribution in [0.3, 0.4) is 0 Å². The number of hydrogen-bond donors (Lipinski definition) is 3. The van der Waals surface area contributed by atoms with Gasteiger partial charge in [-0.25, -0.2) is 0 Å². The molecule has 0 spiro atoms. The van der Waals surface area contributed by atoms with Crippen LogP contribution in [0.15, 0.2) is 36.5 Å². The van der Waals surface area contributed by atoms with Crippen LogP contribution >= 0.6 is 0 Å². The fraction of sp³-hybridized carbons (Fsp3) is 0.318. The first-order chi connectivity index (χ1) is 13.1. The van der Waals surface area contributed by atoms with Crippen molar-refractivity contribution in [2.24, 2.45) is 0 Å². The Hall–Kier alpha value is -2.79. The molecule has 1 atom stereocenters.